The Labute approximate surface area is 100 Å². The third-order valence-corrected chi connectivity index (χ3v) is 2.48. The first-order valence-corrected chi connectivity index (χ1v) is 5.06. The van der Waals surface area contributed by atoms with Gasteiger partial charge in [0.2, 0.25) is 0 Å². The highest BCUT2D eigenvalue weighted by Crippen LogP contribution is 2.24. The quantitative estimate of drug-likeness (QED) is 0.718. The smallest absolute Gasteiger partial charge is 0.336 e. The molecule has 17 heavy (non-hydrogen) atoms. The molecule has 0 heterocycles. The van der Waals surface area contributed by atoms with Crippen molar-refractivity contribution in [3.05, 3.63) is 34.9 Å². The highest BCUT2D eigenvalue weighted by Gasteiger charge is 2.25. The zero-order chi connectivity index (χ0) is 13.2. The van der Waals surface area contributed by atoms with E-state index in [1.807, 2.05) is 0 Å². The molecule has 0 amide bonds. The molecule has 2 atom stereocenters. The molecule has 0 bridgehead atoms. The van der Waals surface area contributed by atoms with Crippen LogP contribution >= 0.6 is 11.6 Å². The average Bonchev–Trinajstić information content (AvgIpc) is 2.29. The molecule has 2 unspecified atom stereocenters. The molecule has 0 aromatic heterocycles. The minimum absolute atomic E-state index is 0.376. The number of rotatable bonds is 4. The molecule has 7 heteroatoms. The zero-order valence-electron chi connectivity index (χ0n) is 8.40. The van der Waals surface area contributed by atoms with Gasteiger partial charge in [-0.05, 0) is 12.1 Å². The van der Waals surface area contributed by atoms with E-state index in [9.17, 15) is 23.8 Å². The lowest BCUT2D eigenvalue weighted by atomic mass is 9.99. The molecule has 0 spiro atoms. The van der Waals surface area contributed by atoms with Crippen LogP contribution in [-0.2, 0) is 0 Å². The number of hydrogen-bond acceptors (Lipinski definition) is 3. The fraction of sp³-hybridized carbons (Fsp3) is 0.300. The Hall–Kier alpha value is -1.24. The van der Waals surface area contributed by atoms with Crippen LogP contribution in [0.2, 0.25) is 0 Å². The second kappa shape index (κ2) is 5.39. The number of benzene rings is 1. The molecule has 0 aliphatic heterocycles. The van der Waals surface area contributed by atoms with Gasteiger partial charge < -0.3 is 15.3 Å². The van der Waals surface area contributed by atoms with E-state index >= 15 is 0 Å². The number of aliphatic hydroxyl groups is 2. The van der Waals surface area contributed by atoms with E-state index in [0.29, 0.717) is 12.1 Å². The number of aromatic carboxylic acids is 1. The predicted octanol–water partition coefficient (Wildman–Crippen LogP) is 1.30. The first-order chi connectivity index (χ1) is 7.88. The van der Waals surface area contributed by atoms with Gasteiger partial charge in [-0.15, -0.1) is 11.6 Å². The van der Waals surface area contributed by atoms with Crippen LogP contribution in [0, 0.1) is 11.6 Å². The van der Waals surface area contributed by atoms with Gasteiger partial charge in [0.15, 0.2) is 11.6 Å². The summed E-state index contributed by atoms with van der Waals surface area (Å²) in [5.41, 5.74) is -1.05. The number of carboxylic acid groups (broad SMARTS) is 1. The summed E-state index contributed by atoms with van der Waals surface area (Å²) in [5.74, 6) is -4.58. The topological polar surface area (TPSA) is 77.8 Å². The SMILES string of the molecule is O=C(O)c1cc(F)c(F)cc1C(O)C(O)CCl. The van der Waals surface area contributed by atoms with Crippen LogP contribution in [0.3, 0.4) is 0 Å². The van der Waals surface area contributed by atoms with Gasteiger partial charge in [0.05, 0.1) is 17.5 Å². The van der Waals surface area contributed by atoms with Crippen LogP contribution in [0.15, 0.2) is 12.1 Å². The van der Waals surface area contributed by atoms with Crippen molar-refractivity contribution in [1.82, 2.24) is 0 Å². The van der Waals surface area contributed by atoms with Gasteiger partial charge >= 0.3 is 5.97 Å². The third-order valence-electron chi connectivity index (χ3n) is 2.16. The fourth-order valence-corrected chi connectivity index (χ4v) is 1.45. The van der Waals surface area contributed by atoms with Crippen LogP contribution in [0.25, 0.3) is 0 Å². The largest absolute Gasteiger partial charge is 0.478 e. The minimum atomic E-state index is -1.70. The molecule has 1 rings (SSSR count). The summed E-state index contributed by atoms with van der Waals surface area (Å²) >= 11 is 5.27. The molecule has 3 N–H and O–H groups in total. The van der Waals surface area contributed by atoms with Crippen molar-refractivity contribution >= 4 is 17.6 Å². The maximum absolute atomic E-state index is 13.0. The molecule has 0 aliphatic carbocycles. The molecule has 4 nitrogen and oxygen atoms in total. The first kappa shape index (κ1) is 13.8. The molecular weight excluding hydrogens is 258 g/mol. The Morgan fingerprint density at radius 3 is 2.29 bits per heavy atom. The fourth-order valence-electron chi connectivity index (χ4n) is 1.28. The lowest BCUT2D eigenvalue weighted by Gasteiger charge is -2.17. The van der Waals surface area contributed by atoms with E-state index in [2.05, 4.69) is 0 Å². The lowest BCUT2D eigenvalue weighted by Crippen LogP contribution is -2.22. The summed E-state index contributed by atoms with van der Waals surface area (Å²) in [6.07, 6.45) is -3.17. The highest BCUT2D eigenvalue weighted by atomic mass is 35.5. The maximum Gasteiger partial charge on any atom is 0.336 e. The summed E-state index contributed by atoms with van der Waals surface area (Å²) in [5, 5.41) is 27.6. The van der Waals surface area contributed by atoms with Gasteiger partial charge in [0.25, 0.3) is 0 Å². The third kappa shape index (κ3) is 2.91. The second-order valence-corrected chi connectivity index (χ2v) is 3.63. The van der Waals surface area contributed by atoms with Gasteiger partial charge in [-0.2, -0.15) is 0 Å². The maximum atomic E-state index is 13.0. The van der Waals surface area contributed by atoms with Crippen LogP contribution in [0.4, 0.5) is 8.78 Å². The Morgan fingerprint density at radius 1 is 1.29 bits per heavy atom. The monoisotopic (exact) mass is 266 g/mol. The van der Waals surface area contributed by atoms with Crippen molar-refractivity contribution in [3.63, 3.8) is 0 Å². The first-order valence-electron chi connectivity index (χ1n) is 4.52. The normalized spacial score (nSPS) is 14.4. The van der Waals surface area contributed by atoms with Gasteiger partial charge in [-0.3, -0.25) is 0 Å². The number of carbonyl (C=O) groups is 1. The summed E-state index contributed by atoms with van der Waals surface area (Å²) in [4.78, 5) is 10.8. The van der Waals surface area contributed by atoms with E-state index in [4.69, 9.17) is 16.7 Å². The molecule has 1 aromatic rings. The number of hydrogen-bond donors (Lipinski definition) is 3. The summed E-state index contributed by atoms with van der Waals surface area (Å²) in [6.45, 7) is 0. The van der Waals surface area contributed by atoms with E-state index in [-0.39, 0.29) is 5.88 Å². The number of halogens is 3. The molecule has 0 radical (unpaired) electrons. The van der Waals surface area contributed by atoms with Crippen molar-refractivity contribution < 1.29 is 28.9 Å². The molecule has 0 saturated carbocycles. The van der Waals surface area contributed by atoms with Crippen molar-refractivity contribution in [2.45, 2.75) is 12.2 Å². The summed E-state index contributed by atoms with van der Waals surface area (Å²) in [6, 6.07) is 0.969. The van der Waals surface area contributed by atoms with Crippen LogP contribution < -0.4 is 0 Å². The van der Waals surface area contributed by atoms with Gasteiger partial charge in [-0.25, -0.2) is 13.6 Å². The Bertz CT molecular complexity index is 439. The Kier molecular flexibility index (Phi) is 4.39. The minimum Gasteiger partial charge on any atom is -0.478 e. The van der Waals surface area contributed by atoms with Crippen molar-refractivity contribution in [2.24, 2.45) is 0 Å². The number of alkyl halides is 1. The number of carboxylic acids is 1. The van der Waals surface area contributed by atoms with Gasteiger partial charge in [-0.1, -0.05) is 0 Å². The Balaban J connectivity index is 3.30. The van der Waals surface area contributed by atoms with E-state index < -0.39 is 40.9 Å². The summed E-state index contributed by atoms with van der Waals surface area (Å²) < 4.78 is 25.8. The molecule has 0 saturated heterocycles. The molecule has 1 aromatic carbocycles. The van der Waals surface area contributed by atoms with E-state index in [1.54, 1.807) is 0 Å². The van der Waals surface area contributed by atoms with Crippen molar-refractivity contribution in [1.29, 1.82) is 0 Å². The van der Waals surface area contributed by atoms with E-state index in [1.165, 1.54) is 0 Å². The average molecular weight is 267 g/mol. The molecule has 94 valence electrons. The van der Waals surface area contributed by atoms with Crippen LogP contribution in [0.1, 0.15) is 22.0 Å². The number of aliphatic hydroxyl groups excluding tert-OH is 2. The van der Waals surface area contributed by atoms with Crippen molar-refractivity contribution in [2.75, 3.05) is 5.88 Å². The lowest BCUT2D eigenvalue weighted by molar-refractivity contribution is 0.0310. The highest BCUT2D eigenvalue weighted by molar-refractivity contribution is 6.18. The summed E-state index contributed by atoms with van der Waals surface area (Å²) in [7, 11) is 0. The predicted molar refractivity (Wildman–Crippen MR) is 55.0 cm³/mol. The zero-order valence-corrected chi connectivity index (χ0v) is 9.16. The van der Waals surface area contributed by atoms with Gasteiger partial charge in [0.1, 0.15) is 6.10 Å². The molecule has 0 fully saturated rings. The van der Waals surface area contributed by atoms with Crippen molar-refractivity contribution in [3.8, 4) is 0 Å². The molecule has 0 aliphatic rings. The van der Waals surface area contributed by atoms with Gasteiger partial charge in [0, 0.05) is 5.56 Å². The van der Waals surface area contributed by atoms with Crippen LogP contribution in [0.5, 0.6) is 0 Å². The second-order valence-electron chi connectivity index (χ2n) is 3.33. The van der Waals surface area contributed by atoms with E-state index in [0.717, 1.165) is 0 Å². The Morgan fingerprint density at radius 2 is 1.82 bits per heavy atom. The standard InChI is InChI=1S/C10H9ClF2O4/c11-3-8(14)9(15)4-1-6(12)7(13)2-5(4)10(16)17/h1-2,8-9,14-15H,3H2,(H,16,17). The van der Waals surface area contributed by atoms with Crippen LogP contribution in [-0.4, -0.2) is 33.3 Å². The molecular formula is C10H9ClF2O4.